The predicted molar refractivity (Wildman–Crippen MR) is 75.3 cm³/mol. The molecule has 0 radical (unpaired) electrons. The van der Waals surface area contributed by atoms with E-state index in [9.17, 15) is 4.79 Å². The van der Waals surface area contributed by atoms with Crippen LogP contribution in [-0.4, -0.2) is 29.3 Å². The number of H-pyrrole nitrogens is 1. The summed E-state index contributed by atoms with van der Waals surface area (Å²) in [6.45, 7) is 5.18. The Kier molecular flexibility index (Phi) is 3.99. The average Bonchev–Trinajstić information content (AvgIpc) is 2.88. The number of aromatic nitrogens is 1. The molecule has 0 aliphatic rings. The number of hydrogen-bond acceptors (Lipinski definition) is 3. The topological polar surface area (TPSA) is 36.1 Å². The smallest absolute Gasteiger partial charge is 0.178 e. The standard InChI is InChI=1S/C14H18N2OS/c1-10-6-13(11(2)15-10)14(17)8-16(3)7-12-4-5-18-9-12/h4-6,9,15H,7-8H2,1-3H3. The van der Waals surface area contributed by atoms with E-state index in [4.69, 9.17) is 0 Å². The van der Waals surface area contributed by atoms with Gasteiger partial charge in [0.15, 0.2) is 5.78 Å². The summed E-state index contributed by atoms with van der Waals surface area (Å²) in [4.78, 5) is 17.4. The molecule has 0 aromatic carbocycles. The lowest BCUT2D eigenvalue weighted by Crippen LogP contribution is -2.25. The van der Waals surface area contributed by atoms with Crippen LogP contribution >= 0.6 is 11.3 Å². The Bertz CT molecular complexity index is 528. The molecule has 0 amide bonds. The molecule has 0 aliphatic heterocycles. The van der Waals surface area contributed by atoms with E-state index in [2.05, 4.69) is 21.8 Å². The number of carbonyl (C=O) groups excluding carboxylic acids is 1. The summed E-state index contributed by atoms with van der Waals surface area (Å²) in [5.74, 6) is 0.176. The number of rotatable bonds is 5. The third-order valence-corrected chi connectivity index (χ3v) is 3.63. The van der Waals surface area contributed by atoms with E-state index >= 15 is 0 Å². The van der Waals surface area contributed by atoms with Crippen molar-refractivity contribution in [3.63, 3.8) is 0 Å². The van der Waals surface area contributed by atoms with Crippen molar-refractivity contribution in [2.75, 3.05) is 13.6 Å². The Morgan fingerprint density at radius 2 is 2.22 bits per heavy atom. The first-order valence-corrected chi connectivity index (χ1v) is 6.89. The van der Waals surface area contributed by atoms with Crippen molar-refractivity contribution in [3.05, 3.63) is 45.4 Å². The first-order valence-electron chi connectivity index (χ1n) is 5.95. The number of aromatic amines is 1. The SMILES string of the molecule is Cc1cc(C(=O)CN(C)Cc2ccsc2)c(C)[nH]1. The molecule has 1 N–H and O–H groups in total. The van der Waals surface area contributed by atoms with Gasteiger partial charge in [0.25, 0.3) is 0 Å². The van der Waals surface area contributed by atoms with Crippen LogP contribution in [0.4, 0.5) is 0 Å². The van der Waals surface area contributed by atoms with Gasteiger partial charge in [-0.05, 0) is 49.4 Å². The number of hydrogen-bond donors (Lipinski definition) is 1. The lowest BCUT2D eigenvalue weighted by atomic mass is 10.1. The maximum absolute atomic E-state index is 12.2. The minimum atomic E-state index is 0.176. The van der Waals surface area contributed by atoms with Crippen molar-refractivity contribution >= 4 is 17.1 Å². The van der Waals surface area contributed by atoms with Crippen LogP contribution in [0.1, 0.15) is 27.3 Å². The Hall–Kier alpha value is -1.39. The number of nitrogens with zero attached hydrogens (tertiary/aromatic N) is 1. The number of carbonyl (C=O) groups is 1. The van der Waals surface area contributed by atoms with Gasteiger partial charge < -0.3 is 4.98 Å². The summed E-state index contributed by atoms with van der Waals surface area (Å²) in [6, 6.07) is 4.02. The number of Topliss-reactive ketones (excluding diaryl/α,β-unsaturated/α-hetero) is 1. The van der Waals surface area contributed by atoms with Crippen LogP contribution in [0.15, 0.2) is 22.9 Å². The second kappa shape index (κ2) is 5.50. The third-order valence-electron chi connectivity index (χ3n) is 2.90. The molecule has 0 saturated carbocycles. The molecule has 2 aromatic heterocycles. The molecule has 0 bridgehead atoms. The highest BCUT2D eigenvalue weighted by Gasteiger charge is 2.13. The number of likely N-dealkylation sites (N-methyl/N-ethyl adjacent to an activating group) is 1. The van der Waals surface area contributed by atoms with E-state index in [0.717, 1.165) is 23.5 Å². The zero-order valence-electron chi connectivity index (χ0n) is 11.0. The number of nitrogens with one attached hydrogen (secondary N) is 1. The van der Waals surface area contributed by atoms with Crippen LogP contribution in [0.3, 0.4) is 0 Å². The first kappa shape index (κ1) is 13.1. The van der Waals surface area contributed by atoms with E-state index in [1.54, 1.807) is 11.3 Å². The van der Waals surface area contributed by atoms with Gasteiger partial charge >= 0.3 is 0 Å². The molecule has 4 heteroatoms. The highest BCUT2D eigenvalue weighted by molar-refractivity contribution is 7.07. The molecule has 3 nitrogen and oxygen atoms in total. The van der Waals surface area contributed by atoms with E-state index < -0.39 is 0 Å². The molecular formula is C14H18N2OS. The van der Waals surface area contributed by atoms with Gasteiger partial charge in [0, 0.05) is 23.5 Å². The van der Waals surface area contributed by atoms with E-state index in [0.29, 0.717) is 6.54 Å². The van der Waals surface area contributed by atoms with Gasteiger partial charge in [-0.2, -0.15) is 11.3 Å². The molecule has 0 unspecified atom stereocenters. The highest BCUT2D eigenvalue weighted by atomic mass is 32.1. The van der Waals surface area contributed by atoms with Gasteiger partial charge in [0.2, 0.25) is 0 Å². The molecule has 18 heavy (non-hydrogen) atoms. The summed E-state index contributed by atoms with van der Waals surface area (Å²) in [7, 11) is 1.98. The lowest BCUT2D eigenvalue weighted by Gasteiger charge is -2.14. The van der Waals surface area contributed by atoms with Crippen molar-refractivity contribution in [2.45, 2.75) is 20.4 Å². The summed E-state index contributed by atoms with van der Waals surface area (Å²) in [6.07, 6.45) is 0. The van der Waals surface area contributed by atoms with E-state index in [-0.39, 0.29) is 5.78 Å². The molecule has 0 atom stereocenters. The summed E-state index contributed by atoms with van der Waals surface area (Å²) in [5, 5.41) is 4.18. The van der Waals surface area contributed by atoms with Crippen LogP contribution in [0, 0.1) is 13.8 Å². The molecule has 0 aliphatic carbocycles. The minimum Gasteiger partial charge on any atom is -0.362 e. The third kappa shape index (κ3) is 3.09. The fraction of sp³-hybridized carbons (Fsp3) is 0.357. The van der Waals surface area contributed by atoms with Gasteiger partial charge in [-0.15, -0.1) is 0 Å². The highest BCUT2D eigenvalue weighted by Crippen LogP contribution is 2.12. The fourth-order valence-corrected chi connectivity index (χ4v) is 2.75. The van der Waals surface area contributed by atoms with E-state index in [1.807, 2.05) is 31.9 Å². The van der Waals surface area contributed by atoms with Gasteiger partial charge in [0.1, 0.15) is 0 Å². The van der Waals surface area contributed by atoms with Gasteiger partial charge in [-0.1, -0.05) is 0 Å². The zero-order chi connectivity index (χ0) is 13.1. The summed E-state index contributed by atoms with van der Waals surface area (Å²) in [5.41, 5.74) is 4.07. The number of ketones is 1. The maximum Gasteiger partial charge on any atom is 0.178 e. The zero-order valence-corrected chi connectivity index (χ0v) is 11.8. The van der Waals surface area contributed by atoms with Crippen LogP contribution in [-0.2, 0) is 6.54 Å². The van der Waals surface area contributed by atoms with Gasteiger partial charge in [0.05, 0.1) is 6.54 Å². The summed E-state index contributed by atoms with van der Waals surface area (Å²) >= 11 is 1.69. The second-order valence-corrected chi connectivity index (χ2v) is 5.50. The van der Waals surface area contributed by atoms with Crippen molar-refractivity contribution in [1.29, 1.82) is 0 Å². The Balaban J connectivity index is 1.97. The maximum atomic E-state index is 12.2. The Morgan fingerprint density at radius 3 is 2.78 bits per heavy atom. The molecule has 2 heterocycles. The van der Waals surface area contributed by atoms with Crippen LogP contribution in [0.5, 0.6) is 0 Å². The lowest BCUT2D eigenvalue weighted by molar-refractivity contribution is 0.0942. The normalized spacial score (nSPS) is 11.1. The van der Waals surface area contributed by atoms with Crippen molar-refractivity contribution in [3.8, 4) is 0 Å². The molecule has 0 saturated heterocycles. The molecule has 96 valence electrons. The van der Waals surface area contributed by atoms with Crippen LogP contribution in [0.25, 0.3) is 0 Å². The van der Waals surface area contributed by atoms with E-state index in [1.165, 1.54) is 5.56 Å². The molecule has 2 aromatic rings. The van der Waals surface area contributed by atoms with Gasteiger partial charge in [-0.25, -0.2) is 0 Å². The van der Waals surface area contributed by atoms with Crippen molar-refractivity contribution in [2.24, 2.45) is 0 Å². The average molecular weight is 262 g/mol. The quantitative estimate of drug-likeness (QED) is 0.841. The Morgan fingerprint density at radius 1 is 1.44 bits per heavy atom. The minimum absolute atomic E-state index is 0.176. The monoisotopic (exact) mass is 262 g/mol. The van der Waals surface area contributed by atoms with Gasteiger partial charge in [-0.3, -0.25) is 9.69 Å². The van der Waals surface area contributed by atoms with Crippen molar-refractivity contribution < 1.29 is 4.79 Å². The second-order valence-electron chi connectivity index (χ2n) is 4.72. The van der Waals surface area contributed by atoms with Crippen LogP contribution in [0.2, 0.25) is 0 Å². The molecule has 0 fully saturated rings. The van der Waals surface area contributed by atoms with Crippen LogP contribution < -0.4 is 0 Å². The molecular weight excluding hydrogens is 244 g/mol. The largest absolute Gasteiger partial charge is 0.362 e. The fourth-order valence-electron chi connectivity index (χ4n) is 2.09. The first-order chi connectivity index (χ1) is 8.56. The molecule has 0 spiro atoms. The summed E-state index contributed by atoms with van der Waals surface area (Å²) < 4.78 is 0. The predicted octanol–water partition coefficient (Wildman–Crippen LogP) is 3.01. The number of aryl methyl sites for hydroxylation is 2. The van der Waals surface area contributed by atoms with Crippen molar-refractivity contribution in [1.82, 2.24) is 9.88 Å². The Labute approximate surface area is 111 Å². The number of thiophene rings is 1. The molecule has 2 rings (SSSR count).